The van der Waals surface area contributed by atoms with Crippen LogP contribution in [0.2, 0.25) is 0 Å². The Balaban J connectivity index is 2.88. The van der Waals surface area contributed by atoms with E-state index < -0.39 is 5.97 Å². The van der Waals surface area contributed by atoms with Crippen LogP contribution in [0.4, 0.5) is 0 Å². The van der Waals surface area contributed by atoms with Crippen molar-refractivity contribution in [1.29, 1.82) is 0 Å². The van der Waals surface area contributed by atoms with Crippen LogP contribution >= 0.6 is 0 Å². The molecule has 0 saturated heterocycles. The summed E-state index contributed by atoms with van der Waals surface area (Å²) in [5.41, 5.74) is 0.947. The van der Waals surface area contributed by atoms with Crippen LogP contribution in [0, 0.1) is 0 Å². The minimum atomic E-state index is -0.496. The molecule has 0 aliphatic heterocycles. The number of hydrogen-bond acceptors (Lipinski definition) is 5. The molecule has 1 aromatic heterocycles. The van der Waals surface area contributed by atoms with Gasteiger partial charge in [-0.3, -0.25) is 4.79 Å². The van der Waals surface area contributed by atoms with E-state index in [9.17, 15) is 9.59 Å². The van der Waals surface area contributed by atoms with Crippen molar-refractivity contribution in [2.24, 2.45) is 0 Å². The van der Waals surface area contributed by atoms with Gasteiger partial charge in [0.25, 0.3) is 0 Å². The molecule has 1 aromatic rings. The van der Waals surface area contributed by atoms with Crippen molar-refractivity contribution in [3.63, 3.8) is 0 Å². The largest absolute Gasteiger partial charge is 0.464 e. The minimum absolute atomic E-state index is 0.0893. The fourth-order valence-electron chi connectivity index (χ4n) is 1.64. The normalized spacial score (nSPS) is 10.5. The fraction of sp³-hybridized carbons (Fsp3) is 0.636. The van der Waals surface area contributed by atoms with E-state index in [-0.39, 0.29) is 17.5 Å². The van der Waals surface area contributed by atoms with Crippen LogP contribution < -0.4 is 5.32 Å². The number of esters is 1. The Hall–Kier alpha value is -1.92. The van der Waals surface area contributed by atoms with Crippen molar-refractivity contribution >= 4 is 11.9 Å². The third kappa shape index (κ3) is 3.28. The van der Waals surface area contributed by atoms with Gasteiger partial charge in [-0.05, 0) is 5.92 Å². The third-order valence-electron chi connectivity index (χ3n) is 2.40. The first kappa shape index (κ1) is 14.1. The van der Waals surface area contributed by atoms with Crippen LogP contribution in [0.15, 0.2) is 0 Å². The monoisotopic (exact) mass is 254 g/mol. The molecular formula is C11H18N4O3. The zero-order valence-electron chi connectivity index (χ0n) is 11.1. The summed E-state index contributed by atoms with van der Waals surface area (Å²) in [5, 5.41) is 10.4. The van der Waals surface area contributed by atoms with Gasteiger partial charge in [-0.15, -0.1) is 5.10 Å². The molecule has 7 nitrogen and oxygen atoms in total. The lowest BCUT2D eigenvalue weighted by molar-refractivity contribution is -0.119. The van der Waals surface area contributed by atoms with Crippen LogP contribution in [0.1, 0.15) is 42.9 Å². The maximum absolute atomic E-state index is 11.5. The number of nitrogens with one attached hydrogen (secondary N) is 1. The van der Waals surface area contributed by atoms with E-state index in [1.165, 1.54) is 14.0 Å². The summed E-state index contributed by atoms with van der Waals surface area (Å²) in [6.45, 7) is 6.25. The number of nitrogens with zero attached hydrogens (tertiary/aromatic N) is 3. The summed E-state index contributed by atoms with van der Waals surface area (Å²) in [4.78, 5) is 22.3. The van der Waals surface area contributed by atoms with Gasteiger partial charge in [-0.2, -0.15) is 0 Å². The summed E-state index contributed by atoms with van der Waals surface area (Å²) in [6.07, 6.45) is 0. The number of rotatable bonds is 5. The van der Waals surface area contributed by atoms with Crippen LogP contribution in [0.25, 0.3) is 0 Å². The SMILES string of the molecule is COC(=O)c1nnn(CCNC(C)=O)c1C(C)C. The molecule has 1 heterocycles. The van der Waals surface area contributed by atoms with Gasteiger partial charge >= 0.3 is 5.97 Å². The maximum atomic E-state index is 11.5. The topological polar surface area (TPSA) is 86.1 Å². The molecule has 18 heavy (non-hydrogen) atoms. The van der Waals surface area contributed by atoms with E-state index in [1.54, 1.807) is 4.68 Å². The van der Waals surface area contributed by atoms with Crippen molar-refractivity contribution in [2.75, 3.05) is 13.7 Å². The molecule has 7 heteroatoms. The van der Waals surface area contributed by atoms with E-state index in [4.69, 9.17) is 0 Å². The van der Waals surface area contributed by atoms with Gasteiger partial charge in [0.1, 0.15) is 0 Å². The second-order valence-corrected chi connectivity index (χ2v) is 4.18. The number of methoxy groups -OCH3 is 1. The molecule has 0 aliphatic carbocycles. The lowest BCUT2D eigenvalue weighted by Gasteiger charge is -2.10. The quantitative estimate of drug-likeness (QED) is 0.765. The third-order valence-corrected chi connectivity index (χ3v) is 2.40. The number of carbonyl (C=O) groups is 2. The van der Waals surface area contributed by atoms with Gasteiger partial charge in [0, 0.05) is 13.5 Å². The Morgan fingerprint density at radius 1 is 1.44 bits per heavy atom. The fourth-order valence-corrected chi connectivity index (χ4v) is 1.64. The average molecular weight is 254 g/mol. The molecular weight excluding hydrogens is 236 g/mol. The van der Waals surface area contributed by atoms with E-state index in [1.807, 2.05) is 13.8 Å². The Kier molecular flexibility index (Phi) is 4.82. The van der Waals surface area contributed by atoms with Crippen molar-refractivity contribution in [3.05, 3.63) is 11.4 Å². The molecule has 0 unspecified atom stereocenters. The van der Waals surface area contributed by atoms with Crippen molar-refractivity contribution in [2.45, 2.75) is 33.2 Å². The Bertz CT molecular complexity index is 439. The van der Waals surface area contributed by atoms with Gasteiger partial charge in [0.2, 0.25) is 5.91 Å². The molecule has 1 N–H and O–H groups in total. The highest BCUT2D eigenvalue weighted by Crippen LogP contribution is 2.17. The van der Waals surface area contributed by atoms with Gasteiger partial charge in [0.15, 0.2) is 5.69 Å². The van der Waals surface area contributed by atoms with Gasteiger partial charge < -0.3 is 10.1 Å². The molecule has 100 valence electrons. The molecule has 0 saturated carbocycles. The first-order chi connectivity index (χ1) is 8.47. The molecule has 0 aliphatic rings. The second kappa shape index (κ2) is 6.13. The smallest absolute Gasteiger partial charge is 0.360 e. The highest BCUT2D eigenvalue weighted by molar-refractivity contribution is 5.88. The molecule has 0 bridgehead atoms. The average Bonchev–Trinajstić information content (AvgIpc) is 2.71. The van der Waals surface area contributed by atoms with Crippen LogP contribution in [0.5, 0.6) is 0 Å². The Morgan fingerprint density at radius 2 is 2.11 bits per heavy atom. The van der Waals surface area contributed by atoms with Crippen LogP contribution in [-0.2, 0) is 16.1 Å². The summed E-state index contributed by atoms with van der Waals surface area (Å²) in [6, 6.07) is 0. The predicted octanol–water partition coefficient (Wildman–Crippen LogP) is 0.324. The van der Waals surface area contributed by atoms with Crippen LogP contribution in [0.3, 0.4) is 0 Å². The molecule has 0 radical (unpaired) electrons. The molecule has 1 rings (SSSR count). The second-order valence-electron chi connectivity index (χ2n) is 4.18. The molecule has 0 aromatic carbocycles. The highest BCUT2D eigenvalue weighted by Gasteiger charge is 2.22. The first-order valence-corrected chi connectivity index (χ1v) is 5.73. The predicted molar refractivity (Wildman–Crippen MR) is 64.1 cm³/mol. The Labute approximate surface area is 105 Å². The maximum Gasteiger partial charge on any atom is 0.360 e. The van der Waals surface area contributed by atoms with E-state index in [0.29, 0.717) is 18.8 Å². The number of aromatic nitrogens is 3. The lowest BCUT2D eigenvalue weighted by atomic mass is 10.1. The zero-order valence-corrected chi connectivity index (χ0v) is 11.1. The van der Waals surface area contributed by atoms with Crippen molar-refractivity contribution in [1.82, 2.24) is 20.3 Å². The lowest BCUT2D eigenvalue weighted by Crippen LogP contribution is -2.25. The van der Waals surface area contributed by atoms with E-state index >= 15 is 0 Å². The van der Waals surface area contributed by atoms with E-state index in [2.05, 4.69) is 20.4 Å². The van der Waals surface area contributed by atoms with Gasteiger partial charge in [0.05, 0.1) is 19.3 Å². The molecule has 0 fully saturated rings. The van der Waals surface area contributed by atoms with Gasteiger partial charge in [-0.1, -0.05) is 19.1 Å². The number of ether oxygens (including phenoxy) is 1. The summed E-state index contributed by atoms with van der Waals surface area (Å²) >= 11 is 0. The van der Waals surface area contributed by atoms with Crippen molar-refractivity contribution < 1.29 is 14.3 Å². The summed E-state index contributed by atoms with van der Waals surface area (Å²) in [7, 11) is 1.31. The molecule has 0 spiro atoms. The van der Waals surface area contributed by atoms with E-state index in [0.717, 1.165) is 0 Å². The summed E-state index contributed by atoms with van der Waals surface area (Å²) < 4.78 is 6.28. The van der Waals surface area contributed by atoms with Crippen molar-refractivity contribution in [3.8, 4) is 0 Å². The molecule has 0 atom stereocenters. The number of hydrogen-bond donors (Lipinski definition) is 1. The highest BCUT2D eigenvalue weighted by atomic mass is 16.5. The number of amides is 1. The molecule has 1 amide bonds. The summed E-state index contributed by atoms with van der Waals surface area (Å²) in [5.74, 6) is -0.509. The van der Waals surface area contributed by atoms with Gasteiger partial charge in [-0.25, -0.2) is 9.48 Å². The van der Waals surface area contributed by atoms with Crippen LogP contribution in [-0.4, -0.2) is 40.5 Å². The Morgan fingerprint density at radius 3 is 2.61 bits per heavy atom. The zero-order chi connectivity index (χ0) is 13.7. The minimum Gasteiger partial charge on any atom is -0.464 e. The number of carbonyl (C=O) groups excluding carboxylic acids is 2. The first-order valence-electron chi connectivity index (χ1n) is 5.73. The standard InChI is InChI=1S/C11H18N4O3/c1-7(2)10-9(11(17)18-4)13-14-15(10)6-5-12-8(3)16/h7H,5-6H2,1-4H3,(H,12,16).